The number of aromatic hydroxyl groups is 2. The fourth-order valence-corrected chi connectivity index (χ4v) is 10.8. The number of hydrogen-bond acceptors (Lipinski definition) is 26. The van der Waals surface area contributed by atoms with Crippen LogP contribution in [0.4, 0.5) is 0 Å². The molecule has 2 unspecified atom stereocenters. The summed E-state index contributed by atoms with van der Waals surface area (Å²) in [6, 6.07) is -8.12. The van der Waals surface area contributed by atoms with E-state index < -0.39 is 234 Å². The van der Waals surface area contributed by atoms with Crippen molar-refractivity contribution in [2.75, 3.05) is 47.6 Å². The molecule has 14 amide bonds. The molecule has 0 spiro atoms. The van der Waals surface area contributed by atoms with Crippen LogP contribution in [-0.4, -0.2) is 257 Å². The van der Waals surface area contributed by atoms with Gasteiger partial charge in [0.15, 0.2) is 0 Å². The van der Waals surface area contributed by atoms with Crippen molar-refractivity contribution in [3.8, 4) is 11.5 Å². The zero-order valence-electron chi connectivity index (χ0n) is 54.1. The van der Waals surface area contributed by atoms with Crippen LogP contribution >= 0.6 is 75.8 Å². The lowest BCUT2D eigenvalue weighted by molar-refractivity contribution is -0.143. The van der Waals surface area contributed by atoms with Gasteiger partial charge in [-0.3, -0.25) is 76.7 Å². The minimum Gasteiger partial charge on any atom is -0.508 e. The molecule has 36 nitrogen and oxygen atoms in total. The van der Waals surface area contributed by atoms with Crippen LogP contribution < -0.4 is 69.5 Å². The number of phenolic OH excluding ortho intramolecular Hbond substituents is 2. The number of primary amides is 1. The van der Waals surface area contributed by atoms with E-state index in [2.05, 4.69) is 140 Å². The van der Waals surface area contributed by atoms with Crippen LogP contribution in [0.1, 0.15) is 57.1 Å². The number of carboxylic acid groups (broad SMARTS) is 2. The third kappa shape index (κ3) is 28.7. The average molecular weight is 1530 g/mol. The highest BCUT2D eigenvalue weighted by Gasteiger charge is 2.41. The van der Waals surface area contributed by atoms with Crippen LogP contribution in [0.25, 0.3) is 0 Å². The van der Waals surface area contributed by atoms with Gasteiger partial charge in [-0.25, -0.2) is 4.79 Å². The van der Waals surface area contributed by atoms with E-state index in [-0.39, 0.29) is 49.5 Å². The fourth-order valence-electron chi connectivity index (χ4n) is 9.35. The molecule has 13 atom stereocenters. The summed E-state index contributed by atoms with van der Waals surface area (Å²) in [6.45, 7) is 1.37. The predicted octanol–water partition coefficient (Wildman–Crippen LogP) is -7.30. The van der Waals surface area contributed by atoms with Gasteiger partial charge >= 0.3 is 11.9 Å². The van der Waals surface area contributed by atoms with Gasteiger partial charge in [0.1, 0.15) is 84.0 Å². The number of nitrogens with one attached hydrogen (secondary N) is 12. The Kier molecular flexibility index (Phi) is 37.0. The lowest BCUT2D eigenvalue weighted by atomic mass is 10.0. The molecule has 0 aromatic heterocycles. The number of benzene rings is 2. The summed E-state index contributed by atoms with van der Waals surface area (Å²) >= 11 is 24.3. The second-order valence-electron chi connectivity index (χ2n) is 22.6. The van der Waals surface area contributed by atoms with Crippen LogP contribution in [0.5, 0.6) is 11.5 Å². The summed E-state index contributed by atoms with van der Waals surface area (Å²) in [7, 11) is 0. The van der Waals surface area contributed by atoms with Gasteiger partial charge in [-0.2, -0.15) is 75.8 Å². The lowest BCUT2D eigenvalue weighted by Gasteiger charge is -2.30. The van der Waals surface area contributed by atoms with Crippen LogP contribution in [0.15, 0.2) is 48.5 Å². The van der Waals surface area contributed by atoms with Crippen molar-refractivity contribution >= 4 is 176 Å². The molecule has 1 aliphatic rings. The van der Waals surface area contributed by atoms with E-state index >= 15 is 0 Å². The number of carbonyl (C=O) groups excluding carboxylic acids is 15. The third-order valence-electron chi connectivity index (χ3n) is 14.9. The van der Waals surface area contributed by atoms with Gasteiger partial charge in [0.2, 0.25) is 82.6 Å². The van der Waals surface area contributed by atoms with Crippen molar-refractivity contribution in [1.82, 2.24) is 68.7 Å². The zero-order chi connectivity index (χ0) is 76.0. The number of ketones is 1. The standard InChI is InChI=1S/C59H82N14O22S6/c1-26(47(82)68-40(24-100)54(89)72-46(27(2)74)57(92)61-19-44(79)63-36(20-96)50(85)67-35(59(94)95)17-29-7-11-31(76)12-8-29)62-55(90)41-4-3-15-73(41)58(93)34(18-43(60)78)66-52(87)37(21-97)70-53(88)38(22-98)69-49(84)33(16-28-5-9-30(75)10-6-28)65-48(83)32(13-14-45(80)81)64-51(86)39(23-99)71-56(91)42(77)25-101/h5-12,26-27,32-41,46,74-76,96-101H,3-4,13-25H2,1-2H3,(H2,60,78)(H,61,92)(H,62,90)(H,63,79)(H,64,86)(H,65,83)(H,66,87)(H,67,85)(H,68,82)(H,69,84)(H,70,88)(H,71,91)(H,72,89)(H,80,81)(H,94,95)/t26?,27-,32+,33+,34+,35+,36?,37+,38+,39+,40+,41+,46+/m1/s1. The summed E-state index contributed by atoms with van der Waals surface area (Å²) in [5, 5.41) is 76.8. The summed E-state index contributed by atoms with van der Waals surface area (Å²) in [4.78, 5) is 224. The topological polar surface area (TPSA) is 565 Å². The van der Waals surface area contributed by atoms with E-state index in [1.54, 1.807) is 0 Å². The number of amides is 14. The van der Waals surface area contributed by atoms with E-state index in [4.69, 9.17) is 5.73 Å². The molecule has 0 saturated carbocycles. The molecule has 1 aliphatic heterocycles. The molecule has 3 rings (SSSR count). The lowest BCUT2D eigenvalue weighted by Crippen LogP contribution is -2.61. The van der Waals surface area contributed by atoms with Crippen LogP contribution in [0.2, 0.25) is 0 Å². The minimum atomic E-state index is -1.79. The highest BCUT2D eigenvalue weighted by molar-refractivity contribution is 7.81. The summed E-state index contributed by atoms with van der Waals surface area (Å²) in [5.41, 5.74) is 6.26. The maximum atomic E-state index is 14.2. The van der Waals surface area contributed by atoms with Crippen LogP contribution in [0, 0.1) is 0 Å². The van der Waals surface area contributed by atoms with Crippen LogP contribution in [0.3, 0.4) is 0 Å². The first kappa shape index (κ1) is 86.5. The average Bonchev–Trinajstić information content (AvgIpc) is 1.74. The Bertz CT molecular complexity index is 3340. The number of nitrogens with zero attached hydrogens (tertiary/aromatic N) is 1. The van der Waals surface area contributed by atoms with Crippen molar-refractivity contribution in [3.05, 3.63) is 59.7 Å². The Morgan fingerprint density at radius 2 is 0.911 bits per heavy atom. The summed E-state index contributed by atoms with van der Waals surface area (Å²) in [6.07, 6.45) is -4.13. The Hall–Kier alpha value is -8.71. The van der Waals surface area contributed by atoms with Crippen molar-refractivity contribution in [2.45, 2.75) is 137 Å². The van der Waals surface area contributed by atoms with Crippen molar-refractivity contribution < 1.29 is 107 Å². The fraction of sp³-hybridized carbons (Fsp3) is 0.508. The van der Waals surface area contributed by atoms with E-state index in [1.807, 2.05) is 0 Å². The Labute approximate surface area is 610 Å². The number of carboxylic acids is 2. The normalized spacial score (nSPS) is 16.0. The molecule has 1 heterocycles. The number of rotatable bonds is 42. The maximum Gasteiger partial charge on any atom is 0.326 e. The molecule has 2 aromatic rings. The molecular weight excluding hydrogens is 1450 g/mol. The molecule has 0 aliphatic carbocycles. The van der Waals surface area contributed by atoms with E-state index in [0.717, 1.165) is 11.8 Å². The second-order valence-corrected chi connectivity index (χ2v) is 24.8. The molecule has 1 fully saturated rings. The Morgan fingerprint density at radius 3 is 1.37 bits per heavy atom. The Morgan fingerprint density at radius 1 is 0.505 bits per heavy atom. The number of likely N-dealkylation sites (tertiary alicyclic amines) is 1. The first-order valence-electron chi connectivity index (χ1n) is 30.7. The SMILES string of the molecule is CC(NC(=O)[C@@H]1CCCN1C(=O)[C@H](CC(N)=O)NC(=O)[C@H](CS)NC(=O)[C@H](CS)NC(=O)[C@H](Cc1ccc(O)cc1)NC(=O)[C@H](CCC(=O)O)NC(=O)[C@H](CS)NC(=O)C(=O)CS)C(=O)N[C@@H](CS)C(=O)N[C@H](C(=O)NCC(=O)NC(CS)C(=O)N[C@@H](Cc1ccc(O)cc1)C(=O)O)[C@@H](C)O. The highest BCUT2D eigenvalue weighted by Crippen LogP contribution is 2.21. The molecule has 0 radical (unpaired) electrons. The predicted molar refractivity (Wildman–Crippen MR) is 376 cm³/mol. The van der Waals surface area contributed by atoms with Gasteiger partial charge in [-0.05, 0) is 68.5 Å². The van der Waals surface area contributed by atoms with Gasteiger partial charge < -0.3 is 100.0 Å². The highest BCUT2D eigenvalue weighted by atomic mass is 32.1. The van der Waals surface area contributed by atoms with E-state index in [9.17, 15) is 107 Å². The maximum absolute atomic E-state index is 14.2. The van der Waals surface area contributed by atoms with Crippen molar-refractivity contribution in [1.29, 1.82) is 0 Å². The minimum absolute atomic E-state index is 0.0108. The van der Waals surface area contributed by atoms with E-state index in [1.165, 1.54) is 55.5 Å². The largest absolute Gasteiger partial charge is 0.508 e. The molecule has 556 valence electrons. The molecule has 101 heavy (non-hydrogen) atoms. The number of nitrogens with two attached hydrogens (primary N) is 1. The van der Waals surface area contributed by atoms with Crippen LogP contribution in [-0.2, 0) is 94.3 Å². The molecule has 19 N–H and O–H groups in total. The molecule has 1 saturated heterocycles. The number of thiol groups is 6. The number of aliphatic hydroxyl groups excluding tert-OH is 1. The monoisotopic (exact) mass is 1530 g/mol. The second kappa shape index (κ2) is 43.2. The van der Waals surface area contributed by atoms with Gasteiger partial charge in [0.25, 0.3) is 5.91 Å². The number of hydrogen-bond donors (Lipinski definition) is 24. The molecule has 2 aromatic carbocycles. The third-order valence-corrected chi connectivity index (χ3v) is 17.0. The Balaban J connectivity index is 1.69. The number of aliphatic hydroxyl groups is 1. The van der Waals surface area contributed by atoms with Gasteiger partial charge in [0, 0.05) is 54.6 Å². The number of Topliss-reactive ketones (excluding diaryl/α,β-unsaturated/α-hetero) is 1. The number of carbonyl (C=O) groups is 17. The van der Waals surface area contributed by atoms with E-state index in [0.29, 0.717) is 11.1 Å². The first-order valence-corrected chi connectivity index (χ1v) is 34.5. The summed E-state index contributed by atoms with van der Waals surface area (Å²) < 4.78 is 0. The molecular formula is C59H82N14O22S6. The van der Waals surface area contributed by atoms with Gasteiger partial charge in [-0.15, -0.1) is 0 Å². The summed E-state index contributed by atoms with van der Waals surface area (Å²) in [5.74, 6) is -21.6. The molecule has 0 bridgehead atoms. The number of aliphatic carboxylic acids is 2. The number of phenols is 2. The zero-order valence-corrected chi connectivity index (χ0v) is 59.5. The van der Waals surface area contributed by atoms with Gasteiger partial charge in [0.05, 0.1) is 24.8 Å². The quantitative estimate of drug-likeness (QED) is 0.0217. The van der Waals surface area contributed by atoms with Crippen molar-refractivity contribution in [3.63, 3.8) is 0 Å². The molecule has 42 heteroatoms. The first-order chi connectivity index (χ1) is 47.6. The van der Waals surface area contributed by atoms with Gasteiger partial charge in [-0.1, -0.05) is 24.3 Å². The van der Waals surface area contributed by atoms with Crippen molar-refractivity contribution in [2.24, 2.45) is 5.73 Å². The smallest absolute Gasteiger partial charge is 0.326 e.